The molecule has 0 aliphatic rings. The van der Waals surface area contributed by atoms with E-state index in [4.69, 9.17) is 16.3 Å². The van der Waals surface area contributed by atoms with Gasteiger partial charge in [0.25, 0.3) is 0 Å². The van der Waals surface area contributed by atoms with Gasteiger partial charge in [0.15, 0.2) is 0 Å². The van der Waals surface area contributed by atoms with Crippen molar-refractivity contribution >= 4 is 23.2 Å². The van der Waals surface area contributed by atoms with Crippen molar-refractivity contribution in [3.05, 3.63) is 58.6 Å². The highest BCUT2D eigenvalue weighted by Gasteiger charge is 2.18. The summed E-state index contributed by atoms with van der Waals surface area (Å²) in [5.41, 5.74) is 3.10. The Balaban J connectivity index is 1.82. The average Bonchev–Trinajstić information content (AvgIpc) is 2.58. The fourth-order valence-electron chi connectivity index (χ4n) is 2.42. The van der Waals surface area contributed by atoms with Crippen LogP contribution in [0.25, 0.3) is 0 Å². The molecule has 0 saturated heterocycles. The number of halogens is 1. The zero-order chi connectivity index (χ0) is 18.4. The number of carbonyl (C=O) groups is 1. The Kier molecular flexibility index (Phi) is 6.85. The molecular weight excluding hydrogens is 336 g/mol. The van der Waals surface area contributed by atoms with Gasteiger partial charge in [-0.2, -0.15) is 0 Å². The van der Waals surface area contributed by atoms with Gasteiger partial charge in [-0.05, 0) is 63.7 Å². The van der Waals surface area contributed by atoms with Crippen molar-refractivity contribution in [2.24, 2.45) is 0 Å². The van der Waals surface area contributed by atoms with Crippen molar-refractivity contribution in [1.82, 2.24) is 4.90 Å². The monoisotopic (exact) mass is 360 g/mol. The van der Waals surface area contributed by atoms with Crippen LogP contribution in [0.15, 0.2) is 42.5 Å². The summed E-state index contributed by atoms with van der Waals surface area (Å²) >= 11 is 5.85. The van der Waals surface area contributed by atoms with Crippen molar-refractivity contribution in [3.8, 4) is 5.75 Å². The van der Waals surface area contributed by atoms with Gasteiger partial charge in [-0.25, -0.2) is 0 Å². The Bertz CT molecular complexity index is 716. The number of hydrogen-bond acceptors (Lipinski definition) is 3. The number of amides is 1. The fourth-order valence-corrected chi connectivity index (χ4v) is 2.55. The molecule has 1 N–H and O–H groups in total. The molecule has 1 amide bonds. The second kappa shape index (κ2) is 8.88. The molecular formula is C20H25ClN2O2. The molecule has 2 rings (SSSR count). The highest BCUT2D eigenvalue weighted by molar-refractivity contribution is 6.30. The summed E-state index contributed by atoms with van der Waals surface area (Å²) in [4.78, 5) is 14.4. The van der Waals surface area contributed by atoms with Gasteiger partial charge in [-0.1, -0.05) is 29.3 Å². The first-order valence-electron chi connectivity index (χ1n) is 8.33. The predicted octanol–water partition coefficient (Wildman–Crippen LogP) is 4.29. The lowest BCUT2D eigenvalue weighted by atomic mass is 10.1. The first-order valence-corrected chi connectivity index (χ1v) is 8.71. The Morgan fingerprint density at radius 1 is 1.20 bits per heavy atom. The van der Waals surface area contributed by atoms with Gasteiger partial charge in [0.1, 0.15) is 12.4 Å². The molecule has 0 spiro atoms. The summed E-state index contributed by atoms with van der Waals surface area (Å²) in [7, 11) is 1.91. The van der Waals surface area contributed by atoms with Crippen LogP contribution >= 0.6 is 11.6 Å². The lowest BCUT2D eigenvalue weighted by molar-refractivity contribution is -0.120. The summed E-state index contributed by atoms with van der Waals surface area (Å²) < 4.78 is 5.68. The molecule has 5 heteroatoms. The number of carbonyl (C=O) groups excluding carboxylic acids is 1. The maximum Gasteiger partial charge on any atom is 0.241 e. The van der Waals surface area contributed by atoms with Crippen LogP contribution in [0.1, 0.15) is 18.1 Å². The SMILES string of the molecule is Cc1ccc(NC(=O)C(C)N(C)CCOc2ccc(Cl)cc2)c(C)c1. The summed E-state index contributed by atoms with van der Waals surface area (Å²) in [5.74, 6) is 0.742. The normalized spacial score (nSPS) is 12.1. The van der Waals surface area contributed by atoms with Gasteiger partial charge in [0.05, 0.1) is 6.04 Å². The van der Waals surface area contributed by atoms with E-state index in [1.165, 1.54) is 5.56 Å². The van der Waals surface area contributed by atoms with Gasteiger partial charge in [0, 0.05) is 17.3 Å². The van der Waals surface area contributed by atoms with E-state index in [0.29, 0.717) is 18.2 Å². The molecule has 0 radical (unpaired) electrons. The molecule has 4 nitrogen and oxygen atoms in total. The molecule has 2 aromatic carbocycles. The lowest BCUT2D eigenvalue weighted by Crippen LogP contribution is -2.41. The van der Waals surface area contributed by atoms with Crippen LogP contribution in [0.3, 0.4) is 0 Å². The summed E-state index contributed by atoms with van der Waals surface area (Å²) in [5, 5.41) is 3.68. The molecule has 25 heavy (non-hydrogen) atoms. The molecule has 0 aromatic heterocycles. The zero-order valence-corrected chi connectivity index (χ0v) is 15.9. The lowest BCUT2D eigenvalue weighted by Gasteiger charge is -2.24. The first-order chi connectivity index (χ1) is 11.9. The van der Waals surface area contributed by atoms with Crippen molar-refractivity contribution < 1.29 is 9.53 Å². The summed E-state index contributed by atoms with van der Waals surface area (Å²) in [6.07, 6.45) is 0. The molecule has 0 aliphatic heterocycles. The second-order valence-electron chi connectivity index (χ2n) is 6.27. The Hall–Kier alpha value is -2.04. The minimum absolute atomic E-state index is 0.0269. The third-order valence-electron chi connectivity index (χ3n) is 4.21. The van der Waals surface area contributed by atoms with E-state index in [1.807, 2.05) is 57.0 Å². The highest BCUT2D eigenvalue weighted by atomic mass is 35.5. The van der Waals surface area contributed by atoms with E-state index in [1.54, 1.807) is 12.1 Å². The van der Waals surface area contributed by atoms with Crippen molar-refractivity contribution in [3.63, 3.8) is 0 Å². The molecule has 0 fully saturated rings. The Morgan fingerprint density at radius 2 is 1.88 bits per heavy atom. The minimum Gasteiger partial charge on any atom is -0.492 e. The van der Waals surface area contributed by atoms with Crippen LogP contribution in [-0.2, 0) is 4.79 Å². The van der Waals surface area contributed by atoms with Gasteiger partial charge >= 0.3 is 0 Å². The largest absolute Gasteiger partial charge is 0.492 e. The molecule has 1 unspecified atom stereocenters. The van der Waals surface area contributed by atoms with E-state index in [9.17, 15) is 4.79 Å². The third kappa shape index (κ3) is 5.76. The third-order valence-corrected chi connectivity index (χ3v) is 4.46. The van der Waals surface area contributed by atoms with Crippen molar-refractivity contribution in [2.75, 3.05) is 25.5 Å². The number of benzene rings is 2. The molecule has 1 atom stereocenters. The smallest absolute Gasteiger partial charge is 0.241 e. The number of anilines is 1. The van der Waals surface area contributed by atoms with Crippen LogP contribution in [0, 0.1) is 13.8 Å². The quantitative estimate of drug-likeness (QED) is 0.800. The van der Waals surface area contributed by atoms with Gasteiger partial charge in [-0.15, -0.1) is 0 Å². The highest BCUT2D eigenvalue weighted by Crippen LogP contribution is 2.17. The van der Waals surface area contributed by atoms with Gasteiger partial charge in [0.2, 0.25) is 5.91 Å². The van der Waals surface area contributed by atoms with Crippen LogP contribution < -0.4 is 10.1 Å². The van der Waals surface area contributed by atoms with E-state index < -0.39 is 0 Å². The molecule has 0 bridgehead atoms. The summed E-state index contributed by atoms with van der Waals surface area (Å²) in [6, 6.07) is 13.0. The second-order valence-corrected chi connectivity index (χ2v) is 6.70. The van der Waals surface area contributed by atoms with Gasteiger partial charge in [-0.3, -0.25) is 9.69 Å². The topological polar surface area (TPSA) is 41.6 Å². The Morgan fingerprint density at radius 3 is 2.52 bits per heavy atom. The van der Waals surface area contributed by atoms with E-state index in [0.717, 1.165) is 17.0 Å². The van der Waals surface area contributed by atoms with Crippen molar-refractivity contribution in [2.45, 2.75) is 26.8 Å². The molecule has 0 heterocycles. The molecule has 0 saturated carbocycles. The van der Waals surface area contributed by atoms with Crippen LogP contribution in [-0.4, -0.2) is 37.0 Å². The van der Waals surface area contributed by atoms with Crippen LogP contribution in [0.2, 0.25) is 5.02 Å². The number of aryl methyl sites for hydroxylation is 2. The van der Waals surface area contributed by atoms with Gasteiger partial charge < -0.3 is 10.1 Å². The zero-order valence-electron chi connectivity index (χ0n) is 15.2. The minimum atomic E-state index is -0.255. The summed E-state index contributed by atoms with van der Waals surface area (Å²) in [6.45, 7) is 7.07. The van der Waals surface area contributed by atoms with E-state index >= 15 is 0 Å². The predicted molar refractivity (Wildman–Crippen MR) is 104 cm³/mol. The number of likely N-dealkylation sites (N-methyl/N-ethyl adjacent to an activating group) is 1. The van der Waals surface area contributed by atoms with Crippen LogP contribution in [0.4, 0.5) is 5.69 Å². The molecule has 2 aromatic rings. The molecule has 0 aliphatic carbocycles. The van der Waals surface area contributed by atoms with E-state index in [-0.39, 0.29) is 11.9 Å². The maximum absolute atomic E-state index is 12.5. The number of ether oxygens (including phenoxy) is 1. The van der Waals surface area contributed by atoms with E-state index in [2.05, 4.69) is 11.4 Å². The maximum atomic E-state index is 12.5. The van der Waals surface area contributed by atoms with Crippen LogP contribution in [0.5, 0.6) is 5.75 Å². The standard InChI is InChI=1S/C20H25ClN2O2/c1-14-5-10-19(15(2)13-14)22-20(24)16(3)23(4)11-12-25-18-8-6-17(21)7-9-18/h5-10,13,16H,11-12H2,1-4H3,(H,22,24). The number of nitrogens with zero attached hydrogens (tertiary/aromatic N) is 1. The number of hydrogen-bond donors (Lipinski definition) is 1. The first kappa shape index (κ1) is 19.3. The molecule has 134 valence electrons. The average molecular weight is 361 g/mol. The number of nitrogens with one attached hydrogen (secondary N) is 1. The van der Waals surface area contributed by atoms with Crippen molar-refractivity contribution in [1.29, 1.82) is 0 Å². The number of rotatable bonds is 7. The fraction of sp³-hybridized carbons (Fsp3) is 0.350. The Labute approximate surface area is 154 Å².